The van der Waals surface area contributed by atoms with E-state index < -0.39 is 0 Å². The second-order valence-electron chi connectivity index (χ2n) is 3.92. The summed E-state index contributed by atoms with van der Waals surface area (Å²) in [7, 11) is 0. The van der Waals surface area contributed by atoms with Crippen molar-refractivity contribution in [2.75, 3.05) is 6.54 Å². The molecule has 0 atom stereocenters. The van der Waals surface area contributed by atoms with Gasteiger partial charge in [0, 0.05) is 12.6 Å². The fraction of sp³-hybridized carbons (Fsp3) is 0.133. The van der Waals surface area contributed by atoms with E-state index in [1.165, 1.54) is 5.56 Å². The minimum atomic E-state index is -0.0443. The van der Waals surface area contributed by atoms with Crippen molar-refractivity contribution in [2.24, 2.45) is 0 Å². The summed E-state index contributed by atoms with van der Waals surface area (Å²) >= 11 is 1.62. The molecular formula is C15H15NOS. The standard InChI is InChI=1S/C15H15NOS/c17-15(7-6-14-9-11-18-12-14)16-10-8-13-4-2-1-3-5-13/h1-7,9,11-12H,8,10H2,(H,16,17). The Morgan fingerprint density at radius 3 is 2.78 bits per heavy atom. The van der Waals surface area contributed by atoms with Gasteiger partial charge in [-0.15, -0.1) is 0 Å². The smallest absolute Gasteiger partial charge is 0.244 e. The summed E-state index contributed by atoms with van der Waals surface area (Å²) in [5, 5.41) is 6.87. The van der Waals surface area contributed by atoms with Gasteiger partial charge in [-0.1, -0.05) is 30.3 Å². The van der Waals surface area contributed by atoms with Crippen molar-refractivity contribution in [1.82, 2.24) is 5.32 Å². The van der Waals surface area contributed by atoms with Gasteiger partial charge in [-0.25, -0.2) is 0 Å². The first-order valence-electron chi connectivity index (χ1n) is 5.86. The maximum atomic E-state index is 11.5. The summed E-state index contributed by atoms with van der Waals surface area (Å²) < 4.78 is 0. The summed E-state index contributed by atoms with van der Waals surface area (Å²) in [6, 6.07) is 12.1. The van der Waals surface area contributed by atoms with Crippen LogP contribution in [-0.4, -0.2) is 12.5 Å². The number of carbonyl (C=O) groups excluding carboxylic acids is 1. The largest absolute Gasteiger partial charge is 0.352 e. The average molecular weight is 257 g/mol. The lowest BCUT2D eigenvalue weighted by molar-refractivity contribution is -0.116. The van der Waals surface area contributed by atoms with Crippen LogP contribution in [0.3, 0.4) is 0 Å². The van der Waals surface area contributed by atoms with Crippen LogP contribution < -0.4 is 5.32 Å². The van der Waals surface area contributed by atoms with Crippen molar-refractivity contribution >= 4 is 23.3 Å². The molecule has 18 heavy (non-hydrogen) atoms. The van der Waals surface area contributed by atoms with Gasteiger partial charge < -0.3 is 5.32 Å². The SMILES string of the molecule is O=C(C=Cc1ccsc1)NCCc1ccccc1. The van der Waals surface area contributed by atoms with E-state index in [1.54, 1.807) is 17.4 Å². The molecule has 1 aromatic heterocycles. The van der Waals surface area contributed by atoms with Crippen molar-refractivity contribution in [2.45, 2.75) is 6.42 Å². The molecule has 0 radical (unpaired) electrons. The van der Waals surface area contributed by atoms with Crippen molar-refractivity contribution in [3.63, 3.8) is 0 Å². The minimum Gasteiger partial charge on any atom is -0.352 e. The van der Waals surface area contributed by atoms with Gasteiger partial charge in [-0.05, 0) is 40.5 Å². The Hall–Kier alpha value is -1.87. The van der Waals surface area contributed by atoms with Gasteiger partial charge in [-0.2, -0.15) is 11.3 Å². The van der Waals surface area contributed by atoms with Gasteiger partial charge in [0.25, 0.3) is 0 Å². The van der Waals surface area contributed by atoms with Crippen molar-refractivity contribution in [3.05, 3.63) is 64.4 Å². The molecule has 0 saturated heterocycles. The molecule has 0 saturated carbocycles. The average Bonchev–Trinajstić information content (AvgIpc) is 2.91. The lowest BCUT2D eigenvalue weighted by Crippen LogP contribution is -2.23. The van der Waals surface area contributed by atoms with Crippen LogP contribution in [0.4, 0.5) is 0 Å². The van der Waals surface area contributed by atoms with Crippen LogP contribution in [0.25, 0.3) is 6.08 Å². The zero-order chi connectivity index (χ0) is 12.6. The van der Waals surface area contributed by atoms with E-state index >= 15 is 0 Å². The summed E-state index contributed by atoms with van der Waals surface area (Å²) in [6.07, 6.45) is 4.26. The van der Waals surface area contributed by atoms with Crippen LogP contribution in [0.2, 0.25) is 0 Å². The molecule has 3 heteroatoms. The second kappa shape index (κ2) is 6.77. The first-order chi connectivity index (χ1) is 8.84. The van der Waals surface area contributed by atoms with E-state index in [0.29, 0.717) is 6.54 Å². The second-order valence-corrected chi connectivity index (χ2v) is 4.70. The van der Waals surface area contributed by atoms with Gasteiger partial charge >= 0.3 is 0 Å². The Labute approximate surface area is 111 Å². The maximum absolute atomic E-state index is 11.5. The fourth-order valence-electron chi connectivity index (χ4n) is 1.58. The molecule has 0 aliphatic heterocycles. The first kappa shape index (κ1) is 12.6. The van der Waals surface area contributed by atoms with Gasteiger partial charge in [0.1, 0.15) is 0 Å². The highest BCUT2D eigenvalue weighted by atomic mass is 32.1. The Bertz CT molecular complexity index is 503. The van der Waals surface area contributed by atoms with Crippen LogP contribution in [0, 0.1) is 0 Å². The van der Waals surface area contributed by atoms with Crippen LogP contribution in [0.15, 0.2) is 53.2 Å². The number of hydrogen-bond donors (Lipinski definition) is 1. The van der Waals surface area contributed by atoms with Gasteiger partial charge in [0.15, 0.2) is 0 Å². The monoisotopic (exact) mass is 257 g/mol. The van der Waals surface area contributed by atoms with Gasteiger partial charge in [0.05, 0.1) is 0 Å². The van der Waals surface area contributed by atoms with Crippen LogP contribution >= 0.6 is 11.3 Å². The molecule has 1 amide bonds. The van der Waals surface area contributed by atoms with E-state index in [0.717, 1.165) is 12.0 Å². The molecule has 2 aromatic rings. The van der Waals surface area contributed by atoms with E-state index in [4.69, 9.17) is 0 Å². The highest BCUT2D eigenvalue weighted by Gasteiger charge is 1.96. The molecule has 1 N–H and O–H groups in total. The topological polar surface area (TPSA) is 29.1 Å². The zero-order valence-corrected chi connectivity index (χ0v) is 10.8. The number of nitrogens with one attached hydrogen (secondary N) is 1. The minimum absolute atomic E-state index is 0.0443. The van der Waals surface area contributed by atoms with E-state index in [2.05, 4.69) is 17.4 Å². The molecule has 92 valence electrons. The normalized spacial score (nSPS) is 10.7. The van der Waals surface area contributed by atoms with Crippen LogP contribution in [-0.2, 0) is 11.2 Å². The quantitative estimate of drug-likeness (QED) is 0.819. The Kier molecular flexibility index (Phi) is 4.73. The molecule has 0 bridgehead atoms. The summed E-state index contributed by atoms with van der Waals surface area (Å²) in [6.45, 7) is 0.664. The highest BCUT2D eigenvalue weighted by Crippen LogP contribution is 2.07. The summed E-state index contributed by atoms with van der Waals surface area (Å²) in [5.74, 6) is -0.0443. The van der Waals surface area contributed by atoms with Gasteiger partial charge in [0.2, 0.25) is 5.91 Å². The zero-order valence-electron chi connectivity index (χ0n) is 10.0. The highest BCUT2D eigenvalue weighted by molar-refractivity contribution is 7.08. The number of hydrogen-bond acceptors (Lipinski definition) is 2. The molecular weight excluding hydrogens is 242 g/mol. The molecule has 1 aromatic carbocycles. The molecule has 0 unspecified atom stereocenters. The van der Waals surface area contributed by atoms with Crippen molar-refractivity contribution in [3.8, 4) is 0 Å². The Morgan fingerprint density at radius 1 is 1.22 bits per heavy atom. The fourth-order valence-corrected chi connectivity index (χ4v) is 2.20. The molecule has 2 rings (SSSR count). The van der Waals surface area contributed by atoms with E-state index in [1.807, 2.05) is 41.1 Å². The summed E-state index contributed by atoms with van der Waals surface area (Å²) in [4.78, 5) is 11.5. The van der Waals surface area contributed by atoms with Crippen molar-refractivity contribution in [1.29, 1.82) is 0 Å². The van der Waals surface area contributed by atoms with Crippen molar-refractivity contribution < 1.29 is 4.79 Å². The molecule has 0 fully saturated rings. The third-order valence-electron chi connectivity index (χ3n) is 2.53. The lowest BCUT2D eigenvalue weighted by Gasteiger charge is -2.02. The van der Waals surface area contributed by atoms with E-state index in [-0.39, 0.29) is 5.91 Å². The Morgan fingerprint density at radius 2 is 2.06 bits per heavy atom. The molecule has 0 aliphatic rings. The van der Waals surface area contributed by atoms with Crippen LogP contribution in [0.1, 0.15) is 11.1 Å². The number of amides is 1. The number of thiophene rings is 1. The molecule has 2 nitrogen and oxygen atoms in total. The lowest BCUT2D eigenvalue weighted by atomic mass is 10.1. The Balaban J connectivity index is 1.72. The van der Waals surface area contributed by atoms with Gasteiger partial charge in [-0.3, -0.25) is 4.79 Å². The van der Waals surface area contributed by atoms with E-state index in [9.17, 15) is 4.79 Å². The predicted molar refractivity (Wildman–Crippen MR) is 76.5 cm³/mol. The third kappa shape index (κ3) is 4.18. The number of rotatable bonds is 5. The first-order valence-corrected chi connectivity index (χ1v) is 6.81. The molecule has 0 aliphatic carbocycles. The number of carbonyl (C=O) groups is 1. The predicted octanol–water partition coefficient (Wildman–Crippen LogP) is 3.12. The molecule has 1 heterocycles. The third-order valence-corrected chi connectivity index (χ3v) is 3.23. The maximum Gasteiger partial charge on any atom is 0.244 e. The molecule has 0 spiro atoms. The van der Waals surface area contributed by atoms with Crippen LogP contribution in [0.5, 0.6) is 0 Å². The number of benzene rings is 1. The summed E-state index contributed by atoms with van der Waals surface area (Å²) in [5.41, 5.74) is 2.30.